The number of hydrogen-bond acceptors (Lipinski definition) is 6. The summed E-state index contributed by atoms with van der Waals surface area (Å²) in [5.74, 6) is -0.358. The fourth-order valence-corrected chi connectivity index (χ4v) is 2.16. The molecule has 10 heteroatoms. The predicted molar refractivity (Wildman–Crippen MR) is 84.2 cm³/mol. The second-order valence-electron chi connectivity index (χ2n) is 5.22. The Morgan fingerprint density at radius 2 is 1.96 bits per heavy atom. The number of nitrogens with one attached hydrogen (secondary N) is 3. The monoisotopic (exact) mass is 356 g/mol. The molecule has 25 heavy (non-hydrogen) atoms. The molecule has 0 aliphatic rings. The highest BCUT2D eigenvalue weighted by Gasteiger charge is 2.31. The number of nitrogens with zero attached hydrogens (tertiary/aromatic N) is 1. The third-order valence-electron chi connectivity index (χ3n) is 3.25. The van der Waals surface area contributed by atoms with E-state index >= 15 is 0 Å². The summed E-state index contributed by atoms with van der Waals surface area (Å²) in [6, 6.07) is 4.08. The molecule has 2 rings (SSSR count). The van der Waals surface area contributed by atoms with Gasteiger partial charge < -0.3 is 20.6 Å². The van der Waals surface area contributed by atoms with Crippen LogP contribution in [0.3, 0.4) is 0 Å². The van der Waals surface area contributed by atoms with Crippen LogP contribution in [0, 0.1) is 5.41 Å². The van der Waals surface area contributed by atoms with Crippen molar-refractivity contribution >= 4 is 11.5 Å². The van der Waals surface area contributed by atoms with Gasteiger partial charge in [0.15, 0.2) is 0 Å². The van der Waals surface area contributed by atoms with Crippen molar-refractivity contribution in [2.24, 2.45) is 0 Å². The van der Waals surface area contributed by atoms with E-state index in [1.54, 1.807) is 6.92 Å². The van der Waals surface area contributed by atoms with E-state index in [1.165, 1.54) is 19.1 Å². The minimum atomic E-state index is -4.77. The van der Waals surface area contributed by atoms with Crippen molar-refractivity contribution in [3.63, 3.8) is 0 Å². The van der Waals surface area contributed by atoms with Gasteiger partial charge in [0.05, 0.1) is 0 Å². The Balaban J connectivity index is 2.24. The lowest BCUT2D eigenvalue weighted by Gasteiger charge is -2.17. The van der Waals surface area contributed by atoms with Crippen LogP contribution < -0.4 is 15.6 Å². The molecule has 0 saturated carbocycles. The summed E-state index contributed by atoms with van der Waals surface area (Å²) in [5.41, 5.74) is -0.188. The molecule has 0 aliphatic heterocycles. The molecule has 1 unspecified atom stereocenters. The van der Waals surface area contributed by atoms with Crippen LogP contribution in [0.25, 0.3) is 0 Å². The lowest BCUT2D eigenvalue weighted by molar-refractivity contribution is -0.274. The molecular weight excluding hydrogens is 341 g/mol. The zero-order chi connectivity index (χ0) is 18.8. The molecule has 0 saturated heterocycles. The Hall–Kier alpha value is -3.04. The van der Waals surface area contributed by atoms with E-state index in [9.17, 15) is 23.1 Å². The number of aromatic nitrogens is 2. The molecule has 0 spiro atoms. The lowest BCUT2D eigenvalue weighted by atomic mass is 10.1. The van der Waals surface area contributed by atoms with Crippen LogP contribution >= 0.6 is 0 Å². The Kier molecular flexibility index (Phi) is 5.00. The average Bonchev–Trinajstić information content (AvgIpc) is 2.44. The van der Waals surface area contributed by atoms with Crippen LogP contribution in [0.2, 0.25) is 0 Å². The van der Waals surface area contributed by atoms with Crippen molar-refractivity contribution in [3.05, 3.63) is 45.7 Å². The molecule has 1 atom stereocenters. The maximum atomic E-state index is 12.2. The Bertz CT molecular complexity index is 831. The number of aromatic hydroxyl groups is 1. The summed E-state index contributed by atoms with van der Waals surface area (Å²) in [7, 11) is 0. The SMILES string of the molecule is CC(=N)c1c(NC(C)c2ccc(OC(F)(F)F)cc2)nc(O)[nH]c1=O. The fourth-order valence-electron chi connectivity index (χ4n) is 2.16. The van der Waals surface area contributed by atoms with Crippen LogP contribution in [-0.4, -0.2) is 27.1 Å². The second kappa shape index (κ2) is 6.83. The first-order chi connectivity index (χ1) is 11.6. The maximum Gasteiger partial charge on any atom is 0.573 e. The summed E-state index contributed by atoms with van der Waals surface area (Å²) in [6.45, 7) is 3.07. The molecule has 1 aromatic heterocycles. The van der Waals surface area contributed by atoms with E-state index in [0.717, 1.165) is 12.1 Å². The molecule has 1 aromatic carbocycles. The van der Waals surface area contributed by atoms with Gasteiger partial charge in [-0.15, -0.1) is 13.2 Å². The Labute approximate surface area is 140 Å². The lowest BCUT2D eigenvalue weighted by Crippen LogP contribution is -2.22. The first-order valence-corrected chi connectivity index (χ1v) is 7.08. The van der Waals surface area contributed by atoms with Crippen LogP contribution in [0.4, 0.5) is 19.0 Å². The number of H-pyrrole nitrogens is 1. The van der Waals surface area contributed by atoms with Gasteiger partial charge in [-0.05, 0) is 31.5 Å². The average molecular weight is 356 g/mol. The fraction of sp³-hybridized carbons (Fsp3) is 0.267. The Morgan fingerprint density at radius 3 is 2.48 bits per heavy atom. The van der Waals surface area contributed by atoms with Crippen molar-refractivity contribution in [1.82, 2.24) is 9.97 Å². The van der Waals surface area contributed by atoms with Gasteiger partial charge in [-0.3, -0.25) is 9.78 Å². The normalized spacial score (nSPS) is 12.5. The molecule has 7 nitrogen and oxygen atoms in total. The molecule has 0 aliphatic carbocycles. The van der Waals surface area contributed by atoms with Gasteiger partial charge in [-0.2, -0.15) is 4.98 Å². The van der Waals surface area contributed by atoms with Crippen molar-refractivity contribution in [2.75, 3.05) is 5.32 Å². The molecule has 0 amide bonds. The quantitative estimate of drug-likeness (QED) is 0.616. The van der Waals surface area contributed by atoms with E-state index in [4.69, 9.17) is 5.41 Å². The Morgan fingerprint density at radius 1 is 1.36 bits per heavy atom. The molecule has 134 valence electrons. The van der Waals surface area contributed by atoms with Gasteiger partial charge >= 0.3 is 6.36 Å². The highest BCUT2D eigenvalue weighted by molar-refractivity contribution is 6.00. The molecule has 1 heterocycles. The highest BCUT2D eigenvalue weighted by Crippen LogP contribution is 2.26. The van der Waals surface area contributed by atoms with E-state index in [2.05, 4.69) is 20.0 Å². The number of aromatic amines is 1. The van der Waals surface area contributed by atoms with E-state index in [0.29, 0.717) is 5.56 Å². The van der Waals surface area contributed by atoms with Crippen LogP contribution in [0.1, 0.15) is 31.0 Å². The molecule has 0 radical (unpaired) electrons. The maximum absolute atomic E-state index is 12.2. The van der Waals surface area contributed by atoms with Crippen LogP contribution in [-0.2, 0) is 0 Å². The van der Waals surface area contributed by atoms with Crippen molar-refractivity contribution in [2.45, 2.75) is 26.3 Å². The molecule has 0 fully saturated rings. The van der Waals surface area contributed by atoms with E-state index < -0.39 is 24.0 Å². The van der Waals surface area contributed by atoms with Crippen LogP contribution in [0.5, 0.6) is 11.8 Å². The summed E-state index contributed by atoms with van der Waals surface area (Å²) >= 11 is 0. The van der Waals surface area contributed by atoms with Gasteiger partial charge in [0.25, 0.3) is 11.6 Å². The number of alkyl halides is 3. The van der Waals surface area contributed by atoms with Crippen LogP contribution in [0.15, 0.2) is 29.1 Å². The predicted octanol–water partition coefficient (Wildman–Crippen LogP) is 2.93. The number of halogens is 3. The van der Waals surface area contributed by atoms with Gasteiger partial charge in [0, 0.05) is 11.8 Å². The summed E-state index contributed by atoms with van der Waals surface area (Å²) in [6.07, 6.45) is -4.77. The molecule has 4 N–H and O–H groups in total. The number of benzene rings is 1. The van der Waals surface area contributed by atoms with Gasteiger partial charge in [0.2, 0.25) is 0 Å². The standard InChI is InChI=1S/C15H15F3N4O3/c1-7(19)11-12(21-14(24)22-13(11)23)20-8(2)9-3-5-10(6-4-9)25-15(16,17)18/h3-6,8,19H,1-2H3,(H3,20,21,22,23,24). The topological polar surface area (TPSA) is 111 Å². The van der Waals surface area contributed by atoms with Gasteiger partial charge in [0.1, 0.15) is 17.1 Å². The third kappa shape index (κ3) is 4.72. The van der Waals surface area contributed by atoms with Crippen molar-refractivity contribution in [3.8, 4) is 11.8 Å². The minimum Gasteiger partial charge on any atom is -0.480 e. The van der Waals surface area contributed by atoms with Gasteiger partial charge in [-0.1, -0.05) is 12.1 Å². The minimum absolute atomic E-state index is 0.00290. The highest BCUT2D eigenvalue weighted by atomic mass is 19.4. The van der Waals surface area contributed by atoms with Crippen molar-refractivity contribution in [1.29, 1.82) is 5.41 Å². The summed E-state index contributed by atoms with van der Waals surface area (Å²) < 4.78 is 40.3. The van der Waals surface area contributed by atoms with Crippen molar-refractivity contribution < 1.29 is 23.0 Å². The number of anilines is 1. The molecule has 0 bridgehead atoms. The summed E-state index contributed by atoms with van der Waals surface area (Å²) in [4.78, 5) is 17.7. The number of ether oxygens (including phenoxy) is 1. The summed E-state index contributed by atoms with van der Waals surface area (Å²) in [5, 5.41) is 19.9. The first kappa shape index (κ1) is 18.3. The zero-order valence-electron chi connectivity index (χ0n) is 13.2. The third-order valence-corrected chi connectivity index (χ3v) is 3.25. The molecule has 2 aromatic rings. The molecular formula is C15H15F3N4O3. The smallest absolute Gasteiger partial charge is 0.480 e. The van der Waals surface area contributed by atoms with E-state index in [-0.39, 0.29) is 22.8 Å². The first-order valence-electron chi connectivity index (χ1n) is 7.08. The second-order valence-corrected chi connectivity index (χ2v) is 5.22. The zero-order valence-corrected chi connectivity index (χ0v) is 13.2. The van der Waals surface area contributed by atoms with E-state index in [1.807, 2.05) is 0 Å². The number of hydrogen-bond donors (Lipinski definition) is 4. The number of rotatable bonds is 5. The largest absolute Gasteiger partial charge is 0.573 e. The van der Waals surface area contributed by atoms with Gasteiger partial charge in [-0.25, -0.2) is 0 Å².